The number of pyridine rings is 1. The van der Waals surface area contributed by atoms with Crippen LogP contribution in [0.1, 0.15) is 10.4 Å². The number of aromatic amines is 1. The molecular weight excluding hydrogens is 316 g/mol. The number of nitrogens with one attached hydrogen (secondary N) is 2. The van der Waals surface area contributed by atoms with E-state index in [0.717, 1.165) is 6.26 Å². The minimum Gasteiger partial charge on any atom is -0.328 e. The van der Waals surface area contributed by atoms with Gasteiger partial charge in [-0.2, -0.15) is 0 Å². The molecule has 0 radical (unpaired) electrons. The average molecular weight is 327 g/mol. The van der Waals surface area contributed by atoms with E-state index in [0.29, 0.717) is 0 Å². The Morgan fingerprint density at radius 3 is 2.52 bits per heavy atom. The van der Waals surface area contributed by atoms with E-state index in [1.807, 2.05) is 0 Å². The molecule has 2 rings (SSSR count). The lowest BCUT2D eigenvalue weighted by molar-refractivity contribution is 0.102. The van der Waals surface area contributed by atoms with Crippen molar-refractivity contribution in [1.29, 1.82) is 0 Å². The predicted octanol–water partition coefficient (Wildman–Crippen LogP) is 1.68. The molecule has 0 bridgehead atoms. The molecule has 2 N–H and O–H groups in total. The van der Waals surface area contributed by atoms with E-state index >= 15 is 0 Å². The standard InChI is InChI=1S/C13H11ClN2O4S/c1-21(19,20)9-3-4-10(14)11(6-9)16-13(18)8-2-5-12(17)15-7-8/h2-7H,1H3,(H,15,17)(H,16,18). The lowest BCUT2D eigenvalue weighted by atomic mass is 10.2. The molecule has 0 saturated carbocycles. The summed E-state index contributed by atoms with van der Waals surface area (Å²) in [6.07, 6.45) is 2.32. The zero-order chi connectivity index (χ0) is 15.6. The summed E-state index contributed by atoms with van der Waals surface area (Å²) in [5, 5.41) is 2.71. The minimum atomic E-state index is -3.41. The Balaban J connectivity index is 2.33. The summed E-state index contributed by atoms with van der Waals surface area (Å²) in [4.78, 5) is 25.4. The van der Waals surface area contributed by atoms with E-state index < -0.39 is 15.7 Å². The molecule has 0 atom stereocenters. The fourth-order valence-electron chi connectivity index (χ4n) is 1.58. The number of hydrogen-bond donors (Lipinski definition) is 2. The molecule has 110 valence electrons. The Hall–Kier alpha value is -2.12. The van der Waals surface area contributed by atoms with Crippen molar-refractivity contribution < 1.29 is 13.2 Å². The molecule has 0 spiro atoms. The zero-order valence-corrected chi connectivity index (χ0v) is 12.5. The van der Waals surface area contributed by atoms with Crippen LogP contribution in [0.5, 0.6) is 0 Å². The summed E-state index contributed by atoms with van der Waals surface area (Å²) in [6.45, 7) is 0. The van der Waals surface area contributed by atoms with Crippen molar-refractivity contribution in [2.24, 2.45) is 0 Å². The maximum atomic E-state index is 12.0. The minimum absolute atomic E-state index is 0.0451. The molecular formula is C13H11ClN2O4S. The number of H-pyrrole nitrogens is 1. The Morgan fingerprint density at radius 1 is 1.24 bits per heavy atom. The molecule has 21 heavy (non-hydrogen) atoms. The Morgan fingerprint density at radius 2 is 1.95 bits per heavy atom. The largest absolute Gasteiger partial charge is 0.328 e. The molecule has 1 aromatic carbocycles. The van der Waals surface area contributed by atoms with E-state index in [9.17, 15) is 18.0 Å². The first-order valence-electron chi connectivity index (χ1n) is 5.77. The fraction of sp³-hybridized carbons (Fsp3) is 0.0769. The normalized spacial score (nSPS) is 11.1. The molecule has 8 heteroatoms. The Bertz CT molecular complexity index is 838. The molecule has 0 aliphatic heterocycles. The van der Waals surface area contributed by atoms with Crippen LogP contribution in [0.15, 0.2) is 46.2 Å². The highest BCUT2D eigenvalue weighted by Gasteiger charge is 2.13. The van der Waals surface area contributed by atoms with Gasteiger partial charge in [0.05, 0.1) is 21.2 Å². The van der Waals surface area contributed by atoms with Crippen molar-refractivity contribution in [2.45, 2.75) is 4.90 Å². The lowest BCUT2D eigenvalue weighted by Crippen LogP contribution is -2.15. The monoisotopic (exact) mass is 326 g/mol. The zero-order valence-electron chi connectivity index (χ0n) is 10.9. The number of benzene rings is 1. The number of rotatable bonds is 3. The second-order valence-corrected chi connectivity index (χ2v) is 6.73. The molecule has 1 heterocycles. The van der Waals surface area contributed by atoms with Crippen molar-refractivity contribution in [1.82, 2.24) is 4.98 Å². The smallest absolute Gasteiger partial charge is 0.257 e. The van der Waals surface area contributed by atoms with Gasteiger partial charge < -0.3 is 10.3 Å². The number of amides is 1. The first-order valence-corrected chi connectivity index (χ1v) is 8.04. The van der Waals surface area contributed by atoms with Gasteiger partial charge >= 0.3 is 0 Å². The van der Waals surface area contributed by atoms with Gasteiger partial charge in [0.25, 0.3) is 5.91 Å². The highest BCUT2D eigenvalue weighted by Crippen LogP contribution is 2.25. The van der Waals surface area contributed by atoms with E-state index in [-0.39, 0.29) is 26.7 Å². The predicted molar refractivity (Wildman–Crippen MR) is 79.6 cm³/mol. The summed E-state index contributed by atoms with van der Waals surface area (Å²) in [6, 6.07) is 6.58. The van der Waals surface area contributed by atoms with Crippen molar-refractivity contribution in [3.8, 4) is 0 Å². The van der Waals surface area contributed by atoms with Gasteiger partial charge in [0.15, 0.2) is 9.84 Å². The number of halogens is 1. The van der Waals surface area contributed by atoms with Crippen molar-refractivity contribution in [2.75, 3.05) is 11.6 Å². The van der Waals surface area contributed by atoms with Crippen LogP contribution in [-0.2, 0) is 9.84 Å². The molecule has 0 saturated heterocycles. The number of anilines is 1. The van der Waals surface area contributed by atoms with Crippen LogP contribution in [0.25, 0.3) is 0 Å². The van der Waals surface area contributed by atoms with Crippen molar-refractivity contribution in [3.05, 3.63) is 57.5 Å². The SMILES string of the molecule is CS(=O)(=O)c1ccc(Cl)c(NC(=O)c2ccc(=O)[nH]c2)c1. The van der Waals surface area contributed by atoms with Gasteiger partial charge in [-0.1, -0.05) is 11.6 Å². The molecule has 0 aliphatic rings. The first-order chi connectivity index (χ1) is 9.77. The molecule has 1 aromatic heterocycles. The maximum Gasteiger partial charge on any atom is 0.257 e. The summed E-state index contributed by atoms with van der Waals surface area (Å²) in [5.41, 5.74) is 0.0647. The number of aromatic nitrogens is 1. The topological polar surface area (TPSA) is 96.1 Å². The van der Waals surface area contributed by atoms with Gasteiger partial charge in [-0.05, 0) is 24.3 Å². The molecule has 1 amide bonds. The average Bonchev–Trinajstić information content (AvgIpc) is 2.40. The van der Waals surface area contributed by atoms with Gasteiger partial charge in [-0.15, -0.1) is 0 Å². The van der Waals surface area contributed by atoms with Crippen molar-refractivity contribution >= 4 is 33.0 Å². The fourth-order valence-corrected chi connectivity index (χ4v) is 2.39. The van der Waals surface area contributed by atoms with E-state index in [2.05, 4.69) is 10.3 Å². The molecule has 6 nitrogen and oxygen atoms in total. The summed E-state index contributed by atoms with van der Waals surface area (Å²) >= 11 is 5.94. The highest BCUT2D eigenvalue weighted by atomic mass is 35.5. The highest BCUT2D eigenvalue weighted by molar-refractivity contribution is 7.90. The van der Waals surface area contributed by atoms with Gasteiger partial charge in [0.2, 0.25) is 5.56 Å². The van der Waals surface area contributed by atoms with E-state index in [4.69, 9.17) is 11.6 Å². The van der Waals surface area contributed by atoms with Crippen LogP contribution in [0.4, 0.5) is 5.69 Å². The number of carbonyl (C=O) groups excluding carboxylic acids is 1. The van der Waals surface area contributed by atoms with Crippen LogP contribution in [0.3, 0.4) is 0 Å². The summed E-state index contributed by atoms with van der Waals surface area (Å²) in [5.74, 6) is -0.515. The van der Waals surface area contributed by atoms with Gasteiger partial charge in [-0.25, -0.2) is 8.42 Å². The van der Waals surface area contributed by atoms with Gasteiger partial charge in [0.1, 0.15) is 0 Å². The second-order valence-electron chi connectivity index (χ2n) is 4.31. The van der Waals surface area contributed by atoms with Gasteiger partial charge in [0, 0.05) is 18.5 Å². The van der Waals surface area contributed by atoms with Crippen molar-refractivity contribution in [3.63, 3.8) is 0 Å². The lowest BCUT2D eigenvalue weighted by Gasteiger charge is -2.08. The van der Waals surface area contributed by atoms with E-state index in [1.165, 1.54) is 36.5 Å². The van der Waals surface area contributed by atoms with Crippen LogP contribution >= 0.6 is 11.6 Å². The summed E-state index contributed by atoms with van der Waals surface area (Å²) < 4.78 is 23.0. The van der Waals surface area contributed by atoms with Crippen LogP contribution in [0, 0.1) is 0 Å². The maximum absolute atomic E-state index is 12.0. The van der Waals surface area contributed by atoms with Crippen LogP contribution < -0.4 is 10.9 Å². The molecule has 0 aliphatic carbocycles. The Labute approximate surface area is 125 Å². The third-order valence-corrected chi connectivity index (χ3v) is 4.10. The molecule has 2 aromatic rings. The number of hydrogen-bond acceptors (Lipinski definition) is 4. The number of carbonyl (C=O) groups is 1. The second kappa shape index (κ2) is 5.71. The quantitative estimate of drug-likeness (QED) is 0.897. The van der Waals surface area contributed by atoms with Crippen LogP contribution in [-0.4, -0.2) is 25.6 Å². The van der Waals surface area contributed by atoms with Crippen LogP contribution in [0.2, 0.25) is 5.02 Å². The summed E-state index contributed by atoms with van der Waals surface area (Å²) in [7, 11) is -3.41. The third-order valence-electron chi connectivity index (χ3n) is 2.66. The van der Waals surface area contributed by atoms with Gasteiger partial charge in [-0.3, -0.25) is 9.59 Å². The third kappa shape index (κ3) is 3.71. The van der Waals surface area contributed by atoms with E-state index in [1.54, 1.807) is 0 Å². The molecule has 0 unspecified atom stereocenters. The Kier molecular flexibility index (Phi) is 4.15. The first kappa shape index (κ1) is 15.3. The number of sulfone groups is 1. The molecule has 0 fully saturated rings.